The Bertz CT molecular complexity index is 845. The van der Waals surface area contributed by atoms with Crippen molar-refractivity contribution < 1.29 is 19.1 Å². The minimum absolute atomic E-state index is 0.115. The fraction of sp³-hybridized carbons (Fsp3) is 0.389. The van der Waals surface area contributed by atoms with Crippen LogP contribution in [0.5, 0.6) is 0 Å². The molecule has 0 spiro atoms. The number of amides is 2. The summed E-state index contributed by atoms with van der Waals surface area (Å²) < 4.78 is 13.2. The zero-order chi connectivity index (χ0) is 19.6. The standard InChI is InChI=1S/C18H20ClFN4O3/c1-11(23-17(26)13-2-3-15(20)14(19)7-13)18(27)4-5-24(10-18)16(25)6-12-8-21-22-9-12/h2-3,7-9,11,27H,4-6,10H2,1H3,(H,21,22)(H,23,26). The van der Waals surface area contributed by atoms with E-state index in [9.17, 15) is 19.1 Å². The number of halogens is 2. The lowest BCUT2D eigenvalue weighted by molar-refractivity contribution is -0.130. The number of aromatic nitrogens is 2. The second kappa shape index (κ2) is 7.66. The summed E-state index contributed by atoms with van der Waals surface area (Å²) in [5.74, 6) is -1.19. The smallest absolute Gasteiger partial charge is 0.251 e. The summed E-state index contributed by atoms with van der Waals surface area (Å²) in [4.78, 5) is 26.3. The molecule has 0 radical (unpaired) electrons. The summed E-state index contributed by atoms with van der Waals surface area (Å²) in [7, 11) is 0. The molecule has 2 unspecified atom stereocenters. The van der Waals surface area contributed by atoms with Crippen molar-refractivity contribution >= 4 is 23.4 Å². The van der Waals surface area contributed by atoms with Gasteiger partial charge in [-0.2, -0.15) is 5.10 Å². The molecule has 2 aromatic rings. The van der Waals surface area contributed by atoms with E-state index < -0.39 is 23.4 Å². The van der Waals surface area contributed by atoms with Crippen LogP contribution < -0.4 is 5.32 Å². The van der Waals surface area contributed by atoms with Crippen LogP contribution in [0.1, 0.15) is 29.3 Å². The van der Waals surface area contributed by atoms with Crippen molar-refractivity contribution in [3.8, 4) is 0 Å². The van der Waals surface area contributed by atoms with Crippen molar-refractivity contribution in [2.24, 2.45) is 0 Å². The normalized spacial score (nSPS) is 20.5. The number of nitrogens with zero attached hydrogens (tertiary/aromatic N) is 2. The average Bonchev–Trinajstić information content (AvgIpc) is 3.27. The van der Waals surface area contributed by atoms with E-state index in [-0.39, 0.29) is 29.5 Å². The highest BCUT2D eigenvalue weighted by Gasteiger charge is 2.43. The third-order valence-electron chi connectivity index (χ3n) is 4.88. The monoisotopic (exact) mass is 394 g/mol. The van der Waals surface area contributed by atoms with Gasteiger partial charge in [-0.05, 0) is 37.1 Å². The molecule has 2 amide bonds. The number of benzene rings is 1. The predicted octanol–water partition coefficient (Wildman–Crippen LogP) is 1.53. The molecule has 3 rings (SSSR count). The van der Waals surface area contributed by atoms with Gasteiger partial charge in [-0.15, -0.1) is 0 Å². The molecule has 3 N–H and O–H groups in total. The Morgan fingerprint density at radius 2 is 2.30 bits per heavy atom. The molecule has 27 heavy (non-hydrogen) atoms. The van der Waals surface area contributed by atoms with E-state index in [1.165, 1.54) is 12.1 Å². The van der Waals surface area contributed by atoms with Gasteiger partial charge in [-0.1, -0.05) is 11.6 Å². The lowest BCUT2D eigenvalue weighted by Crippen LogP contribution is -2.53. The molecular weight excluding hydrogens is 375 g/mol. The van der Waals surface area contributed by atoms with Crippen LogP contribution in [-0.2, 0) is 11.2 Å². The van der Waals surface area contributed by atoms with Crippen LogP contribution in [0.4, 0.5) is 4.39 Å². The van der Waals surface area contributed by atoms with E-state index in [1.807, 2.05) is 0 Å². The molecule has 0 saturated carbocycles. The molecule has 144 valence electrons. The average molecular weight is 395 g/mol. The van der Waals surface area contributed by atoms with E-state index >= 15 is 0 Å². The molecule has 1 aromatic carbocycles. The van der Waals surface area contributed by atoms with Gasteiger partial charge in [0.25, 0.3) is 5.91 Å². The highest BCUT2D eigenvalue weighted by Crippen LogP contribution is 2.26. The zero-order valence-electron chi connectivity index (χ0n) is 14.7. The number of β-amino-alcohol motifs (C(OH)–C–C–N with tert-alkyl or cyclic N) is 1. The Kier molecular flexibility index (Phi) is 5.48. The number of nitrogens with one attached hydrogen (secondary N) is 2. The summed E-state index contributed by atoms with van der Waals surface area (Å²) in [6, 6.07) is 3.06. The maximum Gasteiger partial charge on any atom is 0.251 e. The summed E-state index contributed by atoms with van der Waals surface area (Å²) in [5.41, 5.74) is -0.279. The Hall–Kier alpha value is -2.45. The predicted molar refractivity (Wildman–Crippen MR) is 96.8 cm³/mol. The first-order chi connectivity index (χ1) is 12.8. The maximum absolute atomic E-state index is 13.2. The number of aliphatic hydroxyl groups is 1. The minimum Gasteiger partial charge on any atom is -0.386 e. The van der Waals surface area contributed by atoms with Crippen molar-refractivity contribution in [1.82, 2.24) is 20.4 Å². The van der Waals surface area contributed by atoms with Gasteiger partial charge in [0.2, 0.25) is 5.91 Å². The summed E-state index contributed by atoms with van der Waals surface area (Å²) >= 11 is 5.71. The Labute approximate surface area is 160 Å². The van der Waals surface area contributed by atoms with E-state index in [4.69, 9.17) is 11.6 Å². The van der Waals surface area contributed by atoms with Gasteiger partial charge in [-0.3, -0.25) is 14.7 Å². The van der Waals surface area contributed by atoms with Crippen LogP contribution in [0.3, 0.4) is 0 Å². The molecule has 1 aliphatic rings. The number of carbonyl (C=O) groups is 2. The summed E-state index contributed by atoms with van der Waals surface area (Å²) in [6.07, 6.45) is 3.77. The summed E-state index contributed by atoms with van der Waals surface area (Å²) in [6.45, 7) is 2.19. The molecule has 1 aliphatic heterocycles. The number of aromatic amines is 1. The molecule has 1 fully saturated rings. The molecule has 1 saturated heterocycles. The van der Waals surface area contributed by atoms with Crippen molar-refractivity contribution in [2.75, 3.05) is 13.1 Å². The van der Waals surface area contributed by atoms with Gasteiger partial charge < -0.3 is 15.3 Å². The first-order valence-electron chi connectivity index (χ1n) is 8.52. The van der Waals surface area contributed by atoms with Crippen molar-refractivity contribution in [1.29, 1.82) is 0 Å². The molecular formula is C18H20ClFN4O3. The van der Waals surface area contributed by atoms with Crippen molar-refractivity contribution in [2.45, 2.75) is 31.4 Å². The van der Waals surface area contributed by atoms with Gasteiger partial charge in [0.05, 0.1) is 30.2 Å². The molecule has 0 aliphatic carbocycles. The largest absolute Gasteiger partial charge is 0.386 e. The molecule has 0 bridgehead atoms. The Morgan fingerprint density at radius 1 is 1.52 bits per heavy atom. The third kappa shape index (κ3) is 4.28. The number of carbonyl (C=O) groups excluding carboxylic acids is 2. The first kappa shape index (κ1) is 19.3. The van der Waals surface area contributed by atoms with Crippen molar-refractivity contribution in [3.63, 3.8) is 0 Å². The molecule has 2 heterocycles. The molecule has 2 atom stereocenters. The van der Waals surface area contributed by atoms with Crippen LogP contribution in [0.15, 0.2) is 30.6 Å². The third-order valence-corrected chi connectivity index (χ3v) is 5.17. The molecule has 1 aromatic heterocycles. The topological polar surface area (TPSA) is 98.3 Å². The SMILES string of the molecule is CC(NC(=O)c1ccc(F)c(Cl)c1)C1(O)CCN(C(=O)Cc2cn[nH]c2)C1. The van der Waals surface area contributed by atoms with Gasteiger partial charge in [0.1, 0.15) is 11.4 Å². The van der Waals surface area contributed by atoms with E-state index in [1.54, 1.807) is 24.2 Å². The Balaban J connectivity index is 1.60. The first-order valence-corrected chi connectivity index (χ1v) is 8.90. The van der Waals surface area contributed by atoms with Gasteiger partial charge in [0.15, 0.2) is 0 Å². The number of hydrogen-bond donors (Lipinski definition) is 3. The van der Waals surface area contributed by atoms with Gasteiger partial charge in [-0.25, -0.2) is 4.39 Å². The zero-order valence-corrected chi connectivity index (χ0v) is 15.5. The fourth-order valence-corrected chi connectivity index (χ4v) is 3.28. The summed E-state index contributed by atoms with van der Waals surface area (Å²) in [5, 5.41) is 19.9. The number of H-pyrrole nitrogens is 1. The van der Waals surface area contributed by atoms with Crippen LogP contribution in [-0.4, -0.2) is 56.8 Å². The van der Waals surface area contributed by atoms with Crippen LogP contribution in [0.2, 0.25) is 5.02 Å². The quantitative estimate of drug-likeness (QED) is 0.716. The van der Waals surface area contributed by atoms with Crippen LogP contribution in [0, 0.1) is 5.82 Å². The number of rotatable bonds is 5. The highest BCUT2D eigenvalue weighted by molar-refractivity contribution is 6.31. The molecule has 7 nitrogen and oxygen atoms in total. The van der Waals surface area contributed by atoms with E-state index in [0.29, 0.717) is 13.0 Å². The minimum atomic E-state index is -1.24. The van der Waals surface area contributed by atoms with Crippen LogP contribution >= 0.6 is 11.6 Å². The van der Waals surface area contributed by atoms with Crippen LogP contribution in [0.25, 0.3) is 0 Å². The Morgan fingerprint density at radius 3 is 2.96 bits per heavy atom. The maximum atomic E-state index is 13.2. The lowest BCUT2D eigenvalue weighted by atomic mass is 9.94. The second-order valence-electron chi connectivity index (χ2n) is 6.78. The van der Waals surface area contributed by atoms with E-state index in [0.717, 1.165) is 11.6 Å². The fourth-order valence-electron chi connectivity index (χ4n) is 3.10. The second-order valence-corrected chi connectivity index (χ2v) is 7.18. The van der Waals surface area contributed by atoms with Gasteiger partial charge in [0, 0.05) is 18.3 Å². The molecule has 9 heteroatoms. The highest BCUT2D eigenvalue weighted by atomic mass is 35.5. The lowest BCUT2D eigenvalue weighted by Gasteiger charge is -2.30. The number of likely N-dealkylation sites (tertiary alicyclic amines) is 1. The van der Waals surface area contributed by atoms with Crippen molar-refractivity contribution in [3.05, 3.63) is 52.6 Å². The number of hydrogen-bond acceptors (Lipinski definition) is 4. The van der Waals surface area contributed by atoms with E-state index in [2.05, 4.69) is 15.5 Å². The van der Waals surface area contributed by atoms with Gasteiger partial charge >= 0.3 is 0 Å².